The van der Waals surface area contributed by atoms with Crippen LogP contribution in [0, 0.1) is 5.82 Å². The molecule has 0 unspecified atom stereocenters. The van der Waals surface area contributed by atoms with E-state index in [4.69, 9.17) is 5.73 Å². The summed E-state index contributed by atoms with van der Waals surface area (Å²) in [5.41, 5.74) is 8.86. The first-order valence-corrected chi connectivity index (χ1v) is 7.77. The minimum absolute atomic E-state index is 0.220. The monoisotopic (exact) mass is 350 g/mol. The van der Waals surface area contributed by atoms with Crippen LogP contribution in [0.5, 0.6) is 0 Å². The quantitative estimate of drug-likeness (QED) is 0.799. The maximum atomic E-state index is 13.5. The zero-order chi connectivity index (χ0) is 15.4. The van der Waals surface area contributed by atoms with E-state index in [1.54, 1.807) is 6.07 Å². The summed E-state index contributed by atoms with van der Waals surface area (Å²) >= 11 is 3.34. The fourth-order valence-electron chi connectivity index (χ4n) is 2.25. The van der Waals surface area contributed by atoms with Crippen LogP contribution in [0.3, 0.4) is 0 Å². The van der Waals surface area contributed by atoms with Gasteiger partial charge in [0.1, 0.15) is 5.82 Å². The van der Waals surface area contributed by atoms with E-state index in [0.29, 0.717) is 12.6 Å². The Morgan fingerprint density at radius 2 is 1.86 bits per heavy atom. The molecule has 2 nitrogen and oxygen atoms in total. The molecule has 21 heavy (non-hydrogen) atoms. The van der Waals surface area contributed by atoms with Crippen LogP contribution in [0.4, 0.5) is 10.1 Å². The molecule has 0 saturated carbocycles. The molecule has 0 aromatic heterocycles. The van der Waals surface area contributed by atoms with Crippen molar-refractivity contribution in [1.29, 1.82) is 0 Å². The van der Waals surface area contributed by atoms with Crippen LogP contribution in [-0.4, -0.2) is 10.9 Å². The summed E-state index contributed by atoms with van der Waals surface area (Å²) in [5, 5.41) is 0. The van der Waals surface area contributed by atoms with Crippen molar-refractivity contribution in [2.75, 3.05) is 5.73 Å². The fraction of sp³-hybridized carbons (Fsp3) is 0.294. The number of nitrogens with zero attached hydrogens (tertiary/aromatic N) is 1. The first kappa shape index (κ1) is 16.0. The van der Waals surface area contributed by atoms with E-state index in [1.165, 1.54) is 6.07 Å². The van der Waals surface area contributed by atoms with Crippen LogP contribution in [0.2, 0.25) is 0 Å². The first-order chi connectivity index (χ1) is 9.95. The van der Waals surface area contributed by atoms with Crippen LogP contribution in [0.1, 0.15) is 25.0 Å². The lowest BCUT2D eigenvalue weighted by Crippen LogP contribution is -2.30. The highest BCUT2D eigenvalue weighted by molar-refractivity contribution is 9.10. The highest BCUT2D eigenvalue weighted by Gasteiger charge is 2.13. The maximum Gasteiger partial charge on any atom is 0.124 e. The average Bonchev–Trinajstić information content (AvgIpc) is 2.39. The van der Waals surface area contributed by atoms with E-state index < -0.39 is 0 Å². The lowest BCUT2D eigenvalue weighted by atomic mass is 10.1. The van der Waals surface area contributed by atoms with Gasteiger partial charge < -0.3 is 5.73 Å². The van der Waals surface area contributed by atoms with Gasteiger partial charge in [-0.15, -0.1) is 0 Å². The van der Waals surface area contributed by atoms with Crippen molar-refractivity contribution in [1.82, 2.24) is 4.90 Å². The first-order valence-electron chi connectivity index (χ1n) is 6.98. The van der Waals surface area contributed by atoms with E-state index >= 15 is 0 Å². The molecule has 0 aliphatic rings. The molecule has 0 aliphatic heterocycles. The van der Waals surface area contributed by atoms with Gasteiger partial charge in [-0.05, 0) is 49.2 Å². The number of halogens is 2. The van der Waals surface area contributed by atoms with Crippen molar-refractivity contribution in [2.24, 2.45) is 0 Å². The number of para-hydroxylation sites is 1. The Labute approximate surface area is 133 Å². The minimum atomic E-state index is -0.220. The Kier molecular flexibility index (Phi) is 5.37. The fourth-order valence-corrected chi connectivity index (χ4v) is 2.77. The summed E-state index contributed by atoms with van der Waals surface area (Å²) in [6.07, 6.45) is 0. The molecule has 0 atom stereocenters. The lowest BCUT2D eigenvalue weighted by Gasteiger charge is -2.27. The summed E-state index contributed by atoms with van der Waals surface area (Å²) in [6, 6.07) is 13.2. The predicted molar refractivity (Wildman–Crippen MR) is 89.3 cm³/mol. The molecule has 4 heteroatoms. The SMILES string of the molecule is CC(C)N(Cc1cc(F)cc(Br)c1)Cc1ccccc1N. The smallest absolute Gasteiger partial charge is 0.124 e. The summed E-state index contributed by atoms with van der Waals surface area (Å²) in [7, 11) is 0. The lowest BCUT2D eigenvalue weighted by molar-refractivity contribution is 0.204. The van der Waals surface area contributed by atoms with Crippen molar-refractivity contribution in [2.45, 2.75) is 33.0 Å². The van der Waals surface area contributed by atoms with Crippen LogP contribution in [0.25, 0.3) is 0 Å². The normalized spacial score (nSPS) is 11.3. The van der Waals surface area contributed by atoms with Gasteiger partial charge in [-0.25, -0.2) is 4.39 Å². The van der Waals surface area contributed by atoms with Gasteiger partial charge in [-0.3, -0.25) is 4.90 Å². The van der Waals surface area contributed by atoms with Crippen LogP contribution in [0.15, 0.2) is 46.9 Å². The van der Waals surface area contributed by atoms with Gasteiger partial charge in [0.25, 0.3) is 0 Å². The van der Waals surface area contributed by atoms with Crippen molar-refractivity contribution in [3.05, 3.63) is 63.9 Å². The average molecular weight is 351 g/mol. The summed E-state index contributed by atoms with van der Waals surface area (Å²) < 4.78 is 14.3. The molecule has 0 bridgehead atoms. The van der Waals surface area contributed by atoms with Gasteiger partial charge in [-0.1, -0.05) is 34.1 Å². The molecule has 0 fully saturated rings. The van der Waals surface area contributed by atoms with E-state index in [0.717, 1.165) is 27.8 Å². The third kappa shape index (κ3) is 4.55. The summed E-state index contributed by atoms with van der Waals surface area (Å²) in [6.45, 7) is 5.70. The molecule has 2 aromatic carbocycles. The largest absolute Gasteiger partial charge is 0.398 e. The molecular formula is C17H20BrFN2. The second kappa shape index (κ2) is 7.05. The number of hydrogen-bond donors (Lipinski definition) is 1. The van der Waals surface area contributed by atoms with Crippen molar-refractivity contribution in [3.63, 3.8) is 0 Å². The molecule has 0 radical (unpaired) electrons. The number of hydrogen-bond acceptors (Lipinski definition) is 2. The number of benzene rings is 2. The molecule has 0 aliphatic carbocycles. The third-order valence-corrected chi connectivity index (χ3v) is 3.92. The van der Waals surface area contributed by atoms with Gasteiger partial charge in [-0.2, -0.15) is 0 Å². The molecule has 2 aromatic rings. The molecule has 112 valence electrons. The third-order valence-electron chi connectivity index (χ3n) is 3.47. The molecule has 2 rings (SSSR count). The molecular weight excluding hydrogens is 331 g/mol. The zero-order valence-electron chi connectivity index (χ0n) is 12.3. The summed E-state index contributed by atoms with van der Waals surface area (Å²) in [4.78, 5) is 2.27. The molecule has 0 saturated heterocycles. The Morgan fingerprint density at radius 3 is 2.48 bits per heavy atom. The van der Waals surface area contributed by atoms with Gasteiger partial charge in [0.2, 0.25) is 0 Å². The summed E-state index contributed by atoms with van der Waals surface area (Å²) in [5.74, 6) is -0.220. The van der Waals surface area contributed by atoms with Crippen molar-refractivity contribution < 1.29 is 4.39 Å². The van der Waals surface area contributed by atoms with Gasteiger partial charge in [0.15, 0.2) is 0 Å². The Morgan fingerprint density at radius 1 is 1.14 bits per heavy atom. The number of nitrogen functional groups attached to an aromatic ring is 1. The zero-order valence-corrected chi connectivity index (χ0v) is 13.9. The minimum Gasteiger partial charge on any atom is -0.398 e. The predicted octanol–water partition coefficient (Wildman–Crippen LogP) is 4.58. The number of anilines is 1. The number of nitrogens with two attached hydrogens (primary N) is 1. The van der Waals surface area contributed by atoms with Gasteiger partial charge >= 0.3 is 0 Å². The molecule has 0 spiro atoms. The Balaban J connectivity index is 2.18. The van der Waals surface area contributed by atoms with Gasteiger partial charge in [0.05, 0.1) is 0 Å². The van der Waals surface area contributed by atoms with E-state index in [1.807, 2.05) is 30.3 Å². The van der Waals surface area contributed by atoms with E-state index in [2.05, 4.69) is 34.7 Å². The van der Waals surface area contributed by atoms with Crippen LogP contribution in [-0.2, 0) is 13.1 Å². The second-order valence-electron chi connectivity index (χ2n) is 5.48. The van der Waals surface area contributed by atoms with Crippen molar-refractivity contribution in [3.8, 4) is 0 Å². The van der Waals surface area contributed by atoms with Crippen LogP contribution < -0.4 is 5.73 Å². The van der Waals surface area contributed by atoms with Crippen molar-refractivity contribution >= 4 is 21.6 Å². The van der Waals surface area contributed by atoms with E-state index in [-0.39, 0.29) is 5.82 Å². The van der Waals surface area contributed by atoms with E-state index in [9.17, 15) is 4.39 Å². The number of rotatable bonds is 5. The standard InChI is InChI=1S/C17H20BrFN2/c1-12(2)21(11-14-5-3-4-6-17(14)20)10-13-7-15(18)9-16(19)8-13/h3-9,12H,10-11,20H2,1-2H3. The molecule has 0 heterocycles. The maximum absolute atomic E-state index is 13.5. The molecule has 2 N–H and O–H groups in total. The van der Waals surface area contributed by atoms with Crippen LogP contribution >= 0.6 is 15.9 Å². The topological polar surface area (TPSA) is 29.3 Å². The Hall–Kier alpha value is -1.39. The highest BCUT2D eigenvalue weighted by atomic mass is 79.9. The second-order valence-corrected chi connectivity index (χ2v) is 6.39. The van der Waals surface area contributed by atoms with Gasteiger partial charge in [0, 0.05) is 29.3 Å². The molecule has 0 amide bonds. The Bertz CT molecular complexity index is 593. The highest BCUT2D eigenvalue weighted by Crippen LogP contribution is 2.20.